The Balaban J connectivity index is 2.51. The van der Waals surface area contributed by atoms with Crippen LogP contribution < -0.4 is 0 Å². The van der Waals surface area contributed by atoms with Gasteiger partial charge in [0.05, 0.1) is 12.5 Å². The number of hydrogen-bond acceptors (Lipinski definition) is 2. The van der Waals surface area contributed by atoms with E-state index in [4.69, 9.17) is 5.26 Å². The largest absolute Gasteiger partial charge is 0.261 e. The lowest BCUT2D eigenvalue weighted by Crippen LogP contribution is -1.88. The summed E-state index contributed by atoms with van der Waals surface area (Å²) in [5, 5.41) is 8.33. The van der Waals surface area contributed by atoms with Crippen molar-refractivity contribution in [2.75, 3.05) is 0 Å². The minimum atomic E-state index is 0.486. The number of aliphatic imine (C=N–C) groups is 1. The normalized spacial score (nSPS) is 16.0. The Hall–Kier alpha value is -1.10. The van der Waals surface area contributed by atoms with Crippen LogP contribution in [0.25, 0.3) is 0 Å². The molecule has 2 nitrogen and oxygen atoms in total. The van der Waals surface area contributed by atoms with Gasteiger partial charge in [0.25, 0.3) is 0 Å². The Bertz CT molecular complexity index is 218. The van der Waals surface area contributed by atoms with Gasteiger partial charge in [0.1, 0.15) is 0 Å². The van der Waals surface area contributed by atoms with Gasteiger partial charge in [-0.1, -0.05) is 13.0 Å². The van der Waals surface area contributed by atoms with Gasteiger partial charge in [-0.25, -0.2) is 0 Å². The maximum atomic E-state index is 8.33. The molecule has 0 aromatic heterocycles. The van der Waals surface area contributed by atoms with E-state index in [9.17, 15) is 0 Å². The summed E-state index contributed by atoms with van der Waals surface area (Å²) in [4.78, 5) is 4.25. The van der Waals surface area contributed by atoms with Crippen LogP contribution in [-0.4, -0.2) is 5.71 Å². The highest BCUT2D eigenvalue weighted by Gasteiger charge is 2.05. The fraction of sp³-hybridized carbons (Fsp3) is 0.500. The molecule has 0 aliphatic carbocycles. The van der Waals surface area contributed by atoms with Gasteiger partial charge in [-0.2, -0.15) is 5.26 Å². The van der Waals surface area contributed by atoms with E-state index in [2.05, 4.69) is 24.1 Å². The second kappa shape index (κ2) is 3.17. The third-order valence-corrected chi connectivity index (χ3v) is 1.52. The van der Waals surface area contributed by atoms with E-state index in [0.29, 0.717) is 6.42 Å². The standard InChI is InChI=1S/C8H10N2/c1-2-7-3-4-8(10-7)5-6-9/h3H,2,4-5H2,1H3. The van der Waals surface area contributed by atoms with E-state index in [1.54, 1.807) is 0 Å². The van der Waals surface area contributed by atoms with Crippen LogP contribution in [0.3, 0.4) is 0 Å². The predicted molar refractivity (Wildman–Crippen MR) is 40.7 cm³/mol. The van der Waals surface area contributed by atoms with E-state index in [1.807, 2.05) is 0 Å². The maximum absolute atomic E-state index is 8.33. The Labute approximate surface area is 60.9 Å². The van der Waals surface area contributed by atoms with Crippen molar-refractivity contribution in [1.82, 2.24) is 0 Å². The van der Waals surface area contributed by atoms with E-state index < -0.39 is 0 Å². The molecule has 1 aliphatic heterocycles. The lowest BCUT2D eigenvalue weighted by atomic mass is 10.2. The number of allylic oxidation sites excluding steroid dienone is 2. The van der Waals surface area contributed by atoms with Gasteiger partial charge in [-0.3, -0.25) is 4.99 Å². The van der Waals surface area contributed by atoms with Crippen LogP contribution in [0.1, 0.15) is 26.2 Å². The molecule has 0 saturated carbocycles. The highest BCUT2D eigenvalue weighted by Crippen LogP contribution is 2.14. The van der Waals surface area contributed by atoms with Crippen LogP contribution in [-0.2, 0) is 0 Å². The molecule has 0 N–H and O–H groups in total. The fourth-order valence-corrected chi connectivity index (χ4v) is 0.956. The molecule has 0 fully saturated rings. The molecule has 0 aromatic rings. The smallest absolute Gasteiger partial charge is 0.0738 e. The summed E-state index contributed by atoms with van der Waals surface area (Å²) in [5.41, 5.74) is 2.14. The fourth-order valence-electron chi connectivity index (χ4n) is 0.956. The first-order valence-electron chi connectivity index (χ1n) is 3.49. The molecule has 1 aliphatic rings. The lowest BCUT2D eigenvalue weighted by molar-refractivity contribution is 1.08. The second-order valence-corrected chi connectivity index (χ2v) is 2.27. The van der Waals surface area contributed by atoms with Crippen molar-refractivity contribution in [1.29, 1.82) is 5.26 Å². The van der Waals surface area contributed by atoms with Gasteiger partial charge in [0.2, 0.25) is 0 Å². The van der Waals surface area contributed by atoms with E-state index in [0.717, 1.165) is 24.3 Å². The van der Waals surface area contributed by atoms with Crippen molar-refractivity contribution in [3.63, 3.8) is 0 Å². The predicted octanol–water partition coefficient (Wildman–Crippen LogP) is 2.04. The molecular weight excluding hydrogens is 124 g/mol. The Morgan fingerprint density at radius 3 is 3.10 bits per heavy atom. The first-order valence-corrected chi connectivity index (χ1v) is 3.49. The molecule has 0 aromatic carbocycles. The van der Waals surface area contributed by atoms with Crippen molar-refractivity contribution >= 4 is 5.71 Å². The molecule has 1 heterocycles. The summed E-state index contributed by atoms with van der Waals surface area (Å²) in [6.07, 6.45) is 4.44. The number of rotatable bonds is 2. The zero-order chi connectivity index (χ0) is 7.40. The van der Waals surface area contributed by atoms with Gasteiger partial charge < -0.3 is 0 Å². The summed E-state index contributed by atoms with van der Waals surface area (Å²) in [7, 11) is 0. The molecule has 0 atom stereocenters. The highest BCUT2D eigenvalue weighted by atomic mass is 14.8. The van der Waals surface area contributed by atoms with E-state index in [1.165, 1.54) is 0 Å². The summed E-state index contributed by atoms with van der Waals surface area (Å²) in [6, 6.07) is 2.09. The Morgan fingerprint density at radius 2 is 2.60 bits per heavy atom. The molecule has 10 heavy (non-hydrogen) atoms. The van der Waals surface area contributed by atoms with Gasteiger partial charge in [0.15, 0.2) is 0 Å². The average Bonchev–Trinajstić information content (AvgIpc) is 2.37. The molecule has 0 bridgehead atoms. The second-order valence-electron chi connectivity index (χ2n) is 2.27. The molecular formula is C8H10N2. The molecule has 1 rings (SSSR count). The molecule has 0 saturated heterocycles. The van der Waals surface area contributed by atoms with Crippen LogP contribution >= 0.6 is 0 Å². The summed E-state index contributed by atoms with van der Waals surface area (Å²) in [5.74, 6) is 0. The molecule has 52 valence electrons. The number of nitrogens with zero attached hydrogens (tertiary/aromatic N) is 2. The molecule has 0 spiro atoms. The minimum absolute atomic E-state index is 0.486. The molecule has 2 heteroatoms. The van der Waals surface area contributed by atoms with Crippen LogP contribution in [0.4, 0.5) is 0 Å². The van der Waals surface area contributed by atoms with Gasteiger partial charge in [0, 0.05) is 17.8 Å². The molecule has 0 unspecified atom stereocenters. The average molecular weight is 134 g/mol. The van der Waals surface area contributed by atoms with Crippen molar-refractivity contribution in [2.45, 2.75) is 26.2 Å². The van der Waals surface area contributed by atoms with Crippen LogP contribution in [0, 0.1) is 11.3 Å². The SMILES string of the molecule is CCC1=CCC(CC#N)=N1. The summed E-state index contributed by atoms with van der Waals surface area (Å²) < 4.78 is 0. The lowest BCUT2D eigenvalue weighted by Gasteiger charge is -1.88. The first-order chi connectivity index (χ1) is 4.86. The zero-order valence-electron chi connectivity index (χ0n) is 6.09. The molecule has 0 amide bonds. The van der Waals surface area contributed by atoms with Crippen molar-refractivity contribution in [3.8, 4) is 6.07 Å². The Morgan fingerprint density at radius 1 is 1.80 bits per heavy atom. The highest BCUT2D eigenvalue weighted by molar-refractivity contribution is 5.90. The third kappa shape index (κ3) is 1.44. The van der Waals surface area contributed by atoms with Crippen molar-refractivity contribution in [2.24, 2.45) is 4.99 Å². The van der Waals surface area contributed by atoms with Crippen LogP contribution in [0.15, 0.2) is 16.8 Å². The van der Waals surface area contributed by atoms with Gasteiger partial charge in [-0.15, -0.1) is 0 Å². The summed E-state index contributed by atoms with van der Waals surface area (Å²) >= 11 is 0. The monoisotopic (exact) mass is 134 g/mol. The van der Waals surface area contributed by atoms with E-state index in [-0.39, 0.29) is 0 Å². The first kappa shape index (κ1) is 7.01. The van der Waals surface area contributed by atoms with Crippen molar-refractivity contribution in [3.05, 3.63) is 11.8 Å². The molecule has 0 radical (unpaired) electrons. The quantitative estimate of drug-likeness (QED) is 0.569. The number of hydrogen-bond donors (Lipinski definition) is 0. The maximum Gasteiger partial charge on any atom is 0.0738 e. The van der Waals surface area contributed by atoms with Gasteiger partial charge in [-0.05, 0) is 6.42 Å². The van der Waals surface area contributed by atoms with Crippen LogP contribution in [0.5, 0.6) is 0 Å². The Kier molecular flexibility index (Phi) is 2.22. The number of nitriles is 1. The van der Waals surface area contributed by atoms with Crippen LogP contribution in [0.2, 0.25) is 0 Å². The third-order valence-electron chi connectivity index (χ3n) is 1.52. The zero-order valence-corrected chi connectivity index (χ0v) is 6.09. The topological polar surface area (TPSA) is 36.1 Å². The van der Waals surface area contributed by atoms with Crippen molar-refractivity contribution < 1.29 is 0 Å². The minimum Gasteiger partial charge on any atom is -0.261 e. The van der Waals surface area contributed by atoms with E-state index >= 15 is 0 Å². The van der Waals surface area contributed by atoms with Gasteiger partial charge >= 0.3 is 0 Å². The summed E-state index contributed by atoms with van der Waals surface area (Å²) in [6.45, 7) is 2.07.